The molecule has 5 heteroatoms. The summed E-state index contributed by atoms with van der Waals surface area (Å²) in [5.74, 6) is -1.68. The van der Waals surface area contributed by atoms with E-state index in [2.05, 4.69) is 5.32 Å². The van der Waals surface area contributed by atoms with E-state index in [0.29, 0.717) is 11.3 Å². The zero-order valence-electron chi connectivity index (χ0n) is 10.2. The lowest BCUT2D eigenvalue weighted by molar-refractivity contribution is -0.114. The highest BCUT2D eigenvalue weighted by atomic mass is 19.1. The summed E-state index contributed by atoms with van der Waals surface area (Å²) >= 11 is 0. The van der Waals surface area contributed by atoms with Crippen LogP contribution in [0.1, 0.15) is 6.92 Å². The Hall–Kier alpha value is -2.43. The van der Waals surface area contributed by atoms with E-state index in [9.17, 15) is 13.6 Å². The van der Waals surface area contributed by atoms with Crippen LogP contribution in [0.25, 0.3) is 11.1 Å². The summed E-state index contributed by atoms with van der Waals surface area (Å²) in [7, 11) is 0. The Bertz CT molecular complexity index is 624. The Morgan fingerprint density at radius 1 is 1.11 bits per heavy atom. The maximum Gasteiger partial charge on any atom is 0.221 e. The van der Waals surface area contributed by atoms with Crippen molar-refractivity contribution in [3.8, 4) is 11.1 Å². The molecule has 0 radical (unpaired) electrons. The fourth-order valence-corrected chi connectivity index (χ4v) is 1.76. The average molecular weight is 262 g/mol. The Morgan fingerprint density at radius 2 is 1.74 bits per heavy atom. The van der Waals surface area contributed by atoms with Gasteiger partial charge in [0.25, 0.3) is 0 Å². The first-order valence-electron chi connectivity index (χ1n) is 5.60. The molecule has 0 heterocycles. The van der Waals surface area contributed by atoms with Crippen molar-refractivity contribution in [2.24, 2.45) is 0 Å². The molecule has 0 atom stereocenters. The SMILES string of the molecule is CC(=O)Nc1ccc(-c2c(F)ccc(N)c2F)cc1. The third kappa shape index (κ3) is 2.70. The number of hydrogen-bond acceptors (Lipinski definition) is 2. The van der Waals surface area contributed by atoms with Crippen molar-refractivity contribution in [2.45, 2.75) is 6.92 Å². The zero-order valence-corrected chi connectivity index (χ0v) is 10.2. The summed E-state index contributed by atoms with van der Waals surface area (Å²) in [5, 5.41) is 2.57. The standard InChI is InChI=1S/C14H12F2N2O/c1-8(19)18-10-4-2-9(3-5-10)13-11(15)6-7-12(17)14(13)16/h2-7H,17H2,1H3,(H,18,19). The number of rotatable bonds is 2. The van der Waals surface area contributed by atoms with Crippen molar-refractivity contribution in [3.05, 3.63) is 48.0 Å². The van der Waals surface area contributed by atoms with E-state index < -0.39 is 11.6 Å². The molecule has 0 fully saturated rings. The number of nitrogens with one attached hydrogen (secondary N) is 1. The third-order valence-corrected chi connectivity index (χ3v) is 2.61. The van der Waals surface area contributed by atoms with Gasteiger partial charge in [-0.05, 0) is 29.8 Å². The first-order chi connectivity index (χ1) is 8.99. The van der Waals surface area contributed by atoms with E-state index in [1.807, 2.05) is 0 Å². The number of hydrogen-bond donors (Lipinski definition) is 2. The Labute approximate surface area is 109 Å². The second-order valence-corrected chi connectivity index (χ2v) is 4.08. The van der Waals surface area contributed by atoms with Gasteiger partial charge in [-0.15, -0.1) is 0 Å². The van der Waals surface area contributed by atoms with Crippen LogP contribution >= 0.6 is 0 Å². The Balaban J connectivity index is 2.43. The molecule has 0 unspecified atom stereocenters. The predicted molar refractivity (Wildman–Crippen MR) is 70.5 cm³/mol. The van der Waals surface area contributed by atoms with Gasteiger partial charge in [0.1, 0.15) is 5.82 Å². The van der Waals surface area contributed by atoms with Gasteiger partial charge in [0.15, 0.2) is 5.82 Å². The van der Waals surface area contributed by atoms with Crippen molar-refractivity contribution in [3.63, 3.8) is 0 Å². The van der Waals surface area contributed by atoms with Crippen LogP contribution in [0.5, 0.6) is 0 Å². The second kappa shape index (κ2) is 5.06. The van der Waals surface area contributed by atoms with Crippen LogP contribution in [0, 0.1) is 11.6 Å². The highest BCUT2D eigenvalue weighted by Crippen LogP contribution is 2.30. The molecular weight excluding hydrogens is 250 g/mol. The smallest absolute Gasteiger partial charge is 0.221 e. The number of carbonyl (C=O) groups excluding carboxylic acids is 1. The number of carbonyl (C=O) groups is 1. The molecule has 2 rings (SSSR count). The van der Waals surface area contributed by atoms with E-state index in [-0.39, 0.29) is 17.2 Å². The molecule has 0 saturated heterocycles. The zero-order chi connectivity index (χ0) is 14.0. The number of nitrogens with two attached hydrogens (primary N) is 1. The molecule has 2 aromatic carbocycles. The van der Waals surface area contributed by atoms with Gasteiger partial charge < -0.3 is 11.1 Å². The second-order valence-electron chi connectivity index (χ2n) is 4.08. The summed E-state index contributed by atoms with van der Waals surface area (Å²) in [5.41, 5.74) is 6.06. The fourth-order valence-electron chi connectivity index (χ4n) is 1.76. The number of anilines is 2. The molecule has 98 valence electrons. The van der Waals surface area contributed by atoms with Crippen LogP contribution < -0.4 is 11.1 Å². The molecule has 0 aliphatic heterocycles. The van der Waals surface area contributed by atoms with E-state index in [0.717, 1.165) is 6.07 Å². The van der Waals surface area contributed by atoms with Gasteiger partial charge in [0.05, 0.1) is 11.3 Å². The lowest BCUT2D eigenvalue weighted by Crippen LogP contribution is -2.05. The van der Waals surface area contributed by atoms with Gasteiger partial charge in [-0.25, -0.2) is 8.78 Å². The van der Waals surface area contributed by atoms with Crippen LogP contribution in [0.15, 0.2) is 36.4 Å². The summed E-state index contributed by atoms with van der Waals surface area (Å²) in [6.45, 7) is 1.38. The molecule has 0 bridgehead atoms. The minimum atomic E-state index is -0.785. The summed E-state index contributed by atoms with van der Waals surface area (Å²) in [6.07, 6.45) is 0. The molecule has 0 spiro atoms. The monoisotopic (exact) mass is 262 g/mol. The Morgan fingerprint density at radius 3 is 2.32 bits per heavy atom. The lowest BCUT2D eigenvalue weighted by atomic mass is 10.0. The first kappa shape index (κ1) is 13.0. The van der Waals surface area contributed by atoms with Crippen LogP contribution in [0.2, 0.25) is 0 Å². The van der Waals surface area contributed by atoms with E-state index in [1.54, 1.807) is 12.1 Å². The van der Waals surface area contributed by atoms with Gasteiger partial charge >= 0.3 is 0 Å². The number of amides is 1. The van der Waals surface area contributed by atoms with Gasteiger partial charge in [0.2, 0.25) is 5.91 Å². The van der Waals surface area contributed by atoms with Crippen LogP contribution in [-0.4, -0.2) is 5.91 Å². The van der Waals surface area contributed by atoms with E-state index in [4.69, 9.17) is 5.73 Å². The largest absolute Gasteiger partial charge is 0.396 e. The van der Waals surface area contributed by atoms with Crippen LogP contribution in [-0.2, 0) is 4.79 Å². The van der Waals surface area contributed by atoms with Crippen molar-refractivity contribution < 1.29 is 13.6 Å². The summed E-state index contributed by atoms with van der Waals surface area (Å²) in [4.78, 5) is 10.9. The molecule has 0 aliphatic rings. The van der Waals surface area contributed by atoms with Crippen molar-refractivity contribution in [1.82, 2.24) is 0 Å². The minimum absolute atomic E-state index is 0.109. The average Bonchev–Trinajstić information content (AvgIpc) is 2.36. The predicted octanol–water partition coefficient (Wildman–Crippen LogP) is 3.17. The molecule has 2 aromatic rings. The van der Waals surface area contributed by atoms with Crippen molar-refractivity contribution in [2.75, 3.05) is 11.1 Å². The first-order valence-corrected chi connectivity index (χ1v) is 5.60. The minimum Gasteiger partial charge on any atom is -0.396 e. The molecule has 0 saturated carbocycles. The highest BCUT2D eigenvalue weighted by Gasteiger charge is 2.13. The highest BCUT2D eigenvalue weighted by molar-refractivity contribution is 5.89. The Kier molecular flexibility index (Phi) is 3.46. The lowest BCUT2D eigenvalue weighted by Gasteiger charge is -2.08. The van der Waals surface area contributed by atoms with E-state index >= 15 is 0 Å². The van der Waals surface area contributed by atoms with Gasteiger partial charge in [0, 0.05) is 12.6 Å². The van der Waals surface area contributed by atoms with Gasteiger partial charge in [-0.2, -0.15) is 0 Å². The van der Waals surface area contributed by atoms with Crippen molar-refractivity contribution >= 4 is 17.3 Å². The molecule has 3 N–H and O–H groups in total. The maximum atomic E-state index is 13.8. The maximum absolute atomic E-state index is 13.8. The number of halogens is 2. The molecule has 1 amide bonds. The third-order valence-electron chi connectivity index (χ3n) is 2.61. The number of nitrogen functional groups attached to an aromatic ring is 1. The van der Waals surface area contributed by atoms with Gasteiger partial charge in [-0.1, -0.05) is 12.1 Å². The van der Waals surface area contributed by atoms with Crippen molar-refractivity contribution in [1.29, 1.82) is 0 Å². The number of benzene rings is 2. The normalized spacial score (nSPS) is 10.3. The molecule has 0 aliphatic carbocycles. The van der Waals surface area contributed by atoms with E-state index in [1.165, 1.54) is 25.1 Å². The molecule has 19 heavy (non-hydrogen) atoms. The van der Waals surface area contributed by atoms with Crippen LogP contribution in [0.3, 0.4) is 0 Å². The fraction of sp³-hybridized carbons (Fsp3) is 0.0714. The molecular formula is C14H12F2N2O. The molecule has 3 nitrogen and oxygen atoms in total. The summed E-state index contributed by atoms with van der Waals surface area (Å²) < 4.78 is 27.5. The van der Waals surface area contributed by atoms with Gasteiger partial charge in [-0.3, -0.25) is 4.79 Å². The summed E-state index contributed by atoms with van der Waals surface area (Å²) in [6, 6.07) is 8.48. The van der Waals surface area contributed by atoms with Crippen LogP contribution in [0.4, 0.5) is 20.2 Å². The molecule has 0 aromatic heterocycles. The topological polar surface area (TPSA) is 55.1 Å². The quantitative estimate of drug-likeness (QED) is 0.817.